The van der Waals surface area contributed by atoms with Crippen molar-refractivity contribution in [2.24, 2.45) is 0 Å². The lowest BCUT2D eigenvalue weighted by molar-refractivity contribution is -0.192. The van der Waals surface area contributed by atoms with Crippen LogP contribution in [0.4, 0.5) is 13.2 Å². The summed E-state index contributed by atoms with van der Waals surface area (Å²) >= 11 is 0. The Hall–Kier alpha value is -2.63. The molecule has 0 bridgehead atoms. The topological polar surface area (TPSA) is 113 Å². The van der Waals surface area contributed by atoms with Gasteiger partial charge in [-0.1, -0.05) is 24.3 Å². The highest BCUT2D eigenvalue weighted by atomic mass is 32.2. The zero-order chi connectivity index (χ0) is 21.8. The molecule has 2 aromatic rings. The fourth-order valence-electron chi connectivity index (χ4n) is 2.50. The van der Waals surface area contributed by atoms with Gasteiger partial charge in [0.2, 0.25) is 9.84 Å². The molecule has 11 heteroatoms. The summed E-state index contributed by atoms with van der Waals surface area (Å²) in [4.78, 5) is 9.28. The maximum absolute atomic E-state index is 12.6. The quantitative estimate of drug-likeness (QED) is 0.682. The Balaban J connectivity index is 0.000000370. The summed E-state index contributed by atoms with van der Waals surface area (Å²) in [5, 5.41) is 20.2. The van der Waals surface area contributed by atoms with Crippen molar-refractivity contribution < 1.29 is 41.3 Å². The minimum Gasteiger partial charge on any atom is -0.475 e. The SMILES string of the molecule is CNC1CC(O)c2ccc(S(=O)(=O)c3ccccc3)cc2O1.O=C(O)C(F)(F)F. The minimum absolute atomic E-state index is 0.154. The molecule has 0 fully saturated rings. The zero-order valence-corrected chi connectivity index (χ0v) is 15.9. The lowest BCUT2D eigenvalue weighted by Gasteiger charge is -2.29. The summed E-state index contributed by atoms with van der Waals surface area (Å²) in [6, 6.07) is 12.8. The van der Waals surface area contributed by atoms with Gasteiger partial charge in [-0.05, 0) is 31.3 Å². The number of fused-ring (bicyclic) bond motifs is 1. The first kappa shape index (κ1) is 22.7. The standard InChI is InChI=1S/C16H17NO4S.C2HF3O2/c1-17-16-10-14(18)13-8-7-12(9-15(13)21-16)22(19,20)11-5-3-2-4-6-11;3-2(4,5)1(6)7/h2-9,14,16-18H,10H2,1H3;(H,6,7). The predicted octanol–water partition coefficient (Wildman–Crippen LogP) is 2.51. The molecule has 0 aliphatic carbocycles. The molecule has 2 atom stereocenters. The second-order valence-corrected chi connectivity index (χ2v) is 7.92. The van der Waals surface area contributed by atoms with Gasteiger partial charge in [0.25, 0.3) is 0 Å². The molecule has 1 aliphatic heterocycles. The molecule has 0 aromatic heterocycles. The molecule has 0 amide bonds. The number of aliphatic carboxylic acids is 1. The van der Waals surface area contributed by atoms with Crippen molar-refractivity contribution >= 4 is 15.8 Å². The van der Waals surface area contributed by atoms with E-state index >= 15 is 0 Å². The number of sulfone groups is 1. The van der Waals surface area contributed by atoms with Crippen LogP contribution in [0.3, 0.4) is 0 Å². The van der Waals surface area contributed by atoms with Crippen molar-refractivity contribution in [1.82, 2.24) is 5.32 Å². The molecule has 0 saturated heterocycles. The third kappa shape index (κ3) is 5.46. The number of aliphatic hydroxyl groups excluding tert-OH is 1. The van der Waals surface area contributed by atoms with Crippen molar-refractivity contribution in [3.05, 3.63) is 54.1 Å². The average Bonchev–Trinajstić information content (AvgIpc) is 2.67. The third-order valence-corrected chi connectivity index (χ3v) is 5.75. The normalized spacial score (nSPS) is 18.7. The fraction of sp³-hybridized carbons (Fsp3) is 0.278. The second kappa shape index (κ2) is 8.80. The van der Waals surface area contributed by atoms with Gasteiger partial charge >= 0.3 is 12.1 Å². The number of nitrogens with one attached hydrogen (secondary N) is 1. The number of aliphatic hydroxyl groups is 1. The lowest BCUT2D eigenvalue weighted by Crippen LogP contribution is -2.36. The molecule has 1 aliphatic rings. The van der Waals surface area contributed by atoms with Gasteiger partial charge in [0, 0.05) is 12.0 Å². The number of carbonyl (C=O) groups is 1. The van der Waals surface area contributed by atoms with Gasteiger partial charge < -0.3 is 14.9 Å². The van der Waals surface area contributed by atoms with Gasteiger partial charge in [0.15, 0.2) is 6.23 Å². The average molecular weight is 433 g/mol. The van der Waals surface area contributed by atoms with Gasteiger partial charge in [-0.3, -0.25) is 5.32 Å². The Labute approximate surface area is 164 Å². The Kier molecular flexibility index (Phi) is 6.88. The van der Waals surface area contributed by atoms with E-state index in [-0.39, 0.29) is 16.0 Å². The van der Waals surface area contributed by atoms with Gasteiger partial charge in [-0.2, -0.15) is 13.2 Å². The number of carboxylic acid groups (broad SMARTS) is 1. The number of hydrogen-bond acceptors (Lipinski definition) is 6. The van der Waals surface area contributed by atoms with E-state index in [1.54, 1.807) is 43.4 Å². The highest BCUT2D eigenvalue weighted by Gasteiger charge is 2.38. The van der Waals surface area contributed by atoms with Crippen molar-refractivity contribution in [2.45, 2.75) is 34.7 Å². The van der Waals surface area contributed by atoms with E-state index in [4.69, 9.17) is 14.6 Å². The van der Waals surface area contributed by atoms with Crippen LogP contribution in [-0.4, -0.2) is 44.1 Å². The van der Waals surface area contributed by atoms with Crippen molar-refractivity contribution in [2.75, 3.05) is 7.05 Å². The molecule has 2 unspecified atom stereocenters. The molecule has 0 saturated carbocycles. The summed E-state index contributed by atoms with van der Waals surface area (Å²) in [7, 11) is -1.87. The molecule has 29 heavy (non-hydrogen) atoms. The highest BCUT2D eigenvalue weighted by molar-refractivity contribution is 7.91. The van der Waals surface area contributed by atoms with Gasteiger partial charge in [0.05, 0.1) is 15.9 Å². The van der Waals surface area contributed by atoms with E-state index < -0.39 is 28.1 Å². The number of rotatable bonds is 3. The van der Waals surface area contributed by atoms with E-state index in [1.807, 2.05) is 0 Å². The molecular weight excluding hydrogens is 415 g/mol. The molecule has 3 N–H and O–H groups in total. The van der Waals surface area contributed by atoms with Crippen LogP contribution in [-0.2, 0) is 14.6 Å². The maximum Gasteiger partial charge on any atom is 0.490 e. The minimum atomic E-state index is -5.08. The van der Waals surface area contributed by atoms with Crippen LogP contribution < -0.4 is 10.1 Å². The van der Waals surface area contributed by atoms with Crippen molar-refractivity contribution in [3.63, 3.8) is 0 Å². The van der Waals surface area contributed by atoms with Gasteiger partial charge in [-0.25, -0.2) is 13.2 Å². The number of halogens is 3. The third-order valence-electron chi connectivity index (χ3n) is 3.98. The van der Waals surface area contributed by atoms with Crippen LogP contribution in [0, 0.1) is 0 Å². The van der Waals surface area contributed by atoms with Gasteiger partial charge in [-0.15, -0.1) is 0 Å². The summed E-state index contributed by atoms with van der Waals surface area (Å²) in [5.74, 6) is -2.36. The molecule has 1 heterocycles. The second-order valence-electron chi connectivity index (χ2n) is 5.97. The van der Waals surface area contributed by atoms with E-state index in [2.05, 4.69) is 5.32 Å². The van der Waals surface area contributed by atoms with Crippen molar-refractivity contribution in [3.8, 4) is 5.75 Å². The first-order valence-corrected chi connectivity index (χ1v) is 9.71. The Morgan fingerprint density at radius 1 is 1.14 bits per heavy atom. The van der Waals surface area contributed by atoms with Gasteiger partial charge in [0.1, 0.15) is 5.75 Å². The molecular formula is C18H18F3NO6S. The number of alkyl halides is 3. The number of ether oxygens (including phenoxy) is 1. The van der Waals surface area contributed by atoms with E-state index in [0.29, 0.717) is 17.7 Å². The fourth-order valence-corrected chi connectivity index (χ4v) is 3.80. The molecule has 0 radical (unpaired) electrons. The van der Waals surface area contributed by atoms with Crippen LogP contribution >= 0.6 is 0 Å². The molecule has 0 spiro atoms. The van der Waals surface area contributed by atoms with Crippen LogP contribution in [0.1, 0.15) is 18.1 Å². The summed E-state index contributed by atoms with van der Waals surface area (Å²) in [6.45, 7) is 0. The molecule has 3 rings (SSSR count). The van der Waals surface area contributed by atoms with Crippen molar-refractivity contribution in [1.29, 1.82) is 0 Å². The molecule has 158 valence electrons. The van der Waals surface area contributed by atoms with E-state index in [9.17, 15) is 26.7 Å². The number of carboxylic acids is 1. The first-order chi connectivity index (χ1) is 13.5. The first-order valence-electron chi connectivity index (χ1n) is 8.23. The molecule has 2 aromatic carbocycles. The number of hydrogen-bond donors (Lipinski definition) is 3. The maximum atomic E-state index is 12.6. The Morgan fingerprint density at radius 3 is 2.24 bits per heavy atom. The Bertz CT molecular complexity index is 963. The highest BCUT2D eigenvalue weighted by Crippen LogP contribution is 2.36. The summed E-state index contributed by atoms with van der Waals surface area (Å²) < 4.78 is 62.7. The molecule has 7 nitrogen and oxygen atoms in total. The van der Waals surface area contributed by atoms with Crippen LogP contribution in [0.2, 0.25) is 0 Å². The van der Waals surface area contributed by atoms with Crippen LogP contribution in [0.5, 0.6) is 5.75 Å². The largest absolute Gasteiger partial charge is 0.490 e. The smallest absolute Gasteiger partial charge is 0.475 e. The Morgan fingerprint density at radius 2 is 1.72 bits per heavy atom. The zero-order valence-electron chi connectivity index (χ0n) is 15.1. The van der Waals surface area contributed by atoms with Crippen LogP contribution in [0.15, 0.2) is 58.3 Å². The summed E-state index contributed by atoms with van der Waals surface area (Å²) in [6.07, 6.45) is -5.67. The van der Waals surface area contributed by atoms with E-state index in [1.165, 1.54) is 12.1 Å². The lowest BCUT2D eigenvalue weighted by atomic mass is 10.0. The predicted molar refractivity (Wildman–Crippen MR) is 95.1 cm³/mol. The summed E-state index contributed by atoms with van der Waals surface area (Å²) in [5.41, 5.74) is 0.610. The van der Waals surface area contributed by atoms with Crippen LogP contribution in [0.25, 0.3) is 0 Å². The van der Waals surface area contributed by atoms with E-state index in [0.717, 1.165) is 0 Å². The number of benzene rings is 2. The monoisotopic (exact) mass is 433 g/mol.